The monoisotopic (exact) mass is 146 g/mol. The lowest BCUT2D eigenvalue weighted by atomic mass is 10.1. The van der Waals surface area contributed by atoms with Crippen molar-refractivity contribution in [3.05, 3.63) is 23.9 Å². The van der Waals surface area contributed by atoms with Gasteiger partial charge in [-0.05, 0) is 42.7 Å². The van der Waals surface area contributed by atoms with E-state index in [9.17, 15) is 0 Å². The fraction of sp³-hybridized carbons (Fsp3) is 0.444. The van der Waals surface area contributed by atoms with E-state index in [1.165, 1.54) is 18.4 Å². The van der Waals surface area contributed by atoms with Gasteiger partial charge in [-0.25, -0.2) is 0 Å². The largest absolute Gasteiger partial charge is 0.373 e. The van der Waals surface area contributed by atoms with Crippen LogP contribution >= 0.6 is 0 Å². The first kappa shape index (κ1) is 6.48. The third-order valence-corrected chi connectivity index (χ3v) is 2.10. The summed E-state index contributed by atoms with van der Waals surface area (Å²) in [5.74, 6) is 0.754. The lowest BCUT2D eigenvalue weighted by Crippen LogP contribution is -2.22. The van der Waals surface area contributed by atoms with Crippen LogP contribution < -0.4 is 5.32 Å². The highest BCUT2D eigenvalue weighted by atomic mass is 14.9. The molecule has 1 aliphatic heterocycles. The first-order valence-corrected chi connectivity index (χ1v) is 3.94. The van der Waals surface area contributed by atoms with Gasteiger partial charge in [-0.3, -0.25) is 0 Å². The SMILES string of the molecule is N#CC1C=C(C2CC2)C=CN1. The number of dihydropyridines is 1. The van der Waals surface area contributed by atoms with Crippen LogP contribution in [-0.2, 0) is 0 Å². The van der Waals surface area contributed by atoms with Gasteiger partial charge in [0.15, 0.2) is 0 Å². The Kier molecular flexibility index (Phi) is 1.43. The van der Waals surface area contributed by atoms with Gasteiger partial charge >= 0.3 is 0 Å². The highest BCUT2D eigenvalue weighted by Gasteiger charge is 2.25. The maximum atomic E-state index is 8.62. The van der Waals surface area contributed by atoms with Crippen LogP contribution in [0, 0.1) is 17.2 Å². The van der Waals surface area contributed by atoms with Gasteiger partial charge in [-0.2, -0.15) is 5.26 Å². The molecule has 56 valence electrons. The van der Waals surface area contributed by atoms with Crippen LogP contribution in [0.4, 0.5) is 0 Å². The summed E-state index contributed by atoms with van der Waals surface area (Å²) >= 11 is 0. The van der Waals surface area contributed by atoms with E-state index >= 15 is 0 Å². The van der Waals surface area contributed by atoms with Gasteiger partial charge in [0.25, 0.3) is 0 Å². The van der Waals surface area contributed by atoms with Crippen molar-refractivity contribution in [2.45, 2.75) is 18.9 Å². The normalized spacial score (nSPS) is 28.6. The molecule has 0 saturated heterocycles. The van der Waals surface area contributed by atoms with Crippen molar-refractivity contribution in [2.24, 2.45) is 5.92 Å². The van der Waals surface area contributed by atoms with Crippen molar-refractivity contribution in [3.8, 4) is 6.07 Å². The molecule has 1 N–H and O–H groups in total. The van der Waals surface area contributed by atoms with Gasteiger partial charge in [0, 0.05) is 0 Å². The van der Waals surface area contributed by atoms with Gasteiger partial charge < -0.3 is 5.32 Å². The second-order valence-electron chi connectivity index (χ2n) is 3.05. The van der Waals surface area contributed by atoms with Crippen molar-refractivity contribution in [1.82, 2.24) is 5.32 Å². The number of nitrogens with one attached hydrogen (secondary N) is 1. The molecule has 1 heterocycles. The number of nitriles is 1. The molecule has 0 spiro atoms. The van der Waals surface area contributed by atoms with E-state index in [-0.39, 0.29) is 6.04 Å². The zero-order chi connectivity index (χ0) is 7.68. The molecular formula is C9H10N2. The van der Waals surface area contributed by atoms with Gasteiger partial charge in [-0.1, -0.05) is 0 Å². The molecule has 2 nitrogen and oxygen atoms in total. The average Bonchev–Trinajstić information content (AvgIpc) is 2.87. The molecule has 1 saturated carbocycles. The summed E-state index contributed by atoms with van der Waals surface area (Å²) in [6.07, 6.45) is 8.58. The minimum Gasteiger partial charge on any atom is -0.373 e. The van der Waals surface area contributed by atoms with E-state index in [1.54, 1.807) is 0 Å². The van der Waals surface area contributed by atoms with Crippen molar-refractivity contribution >= 4 is 0 Å². The number of hydrogen-bond acceptors (Lipinski definition) is 2. The molecule has 2 aliphatic rings. The molecule has 2 rings (SSSR count). The summed E-state index contributed by atoms with van der Waals surface area (Å²) in [5.41, 5.74) is 1.34. The van der Waals surface area contributed by atoms with Crippen LogP contribution in [0.15, 0.2) is 23.9 Å². The van der Waals surface area contributed by atoms with E-state index in [1.807, 2.05) is 12.3 Å². The van der Waals surface area contributed by atoms with E-state index in [0.717, 1.165) is 5.92 Å². The first-order chi connectivity index (χ1) is 5.40. The van der Waals surface area contributed by atoms with Crippen LogP contribution in [0.2, 0.25) is 0 Å². The van der Waals surface area contributed by atoms with E-state index < -0.39 is 0 Å². The van der Waals surface area contributed by atoms with Crippen molar-refractivity contribution in [1.29, 1.82) is 5.26 Å². The fourth-order valence-electron chi connectivity index (χ4n) is 1.31. The Morgan fingerprint density at radius 2 is 2.36 bits per heavy atom. The molecule has 0 radical (unpaired) electrons. The van der Waals surface area contributed by atoms with Gasteiger partial charge in [0.05, 0.1) is 6.07 Å². The summed E-state index contributed by atoms with van der Waals surface area (Å²) in [7, 11) is 0. The quantitative estimate of drug-likeness (QED) is 0.605. The van der Waals surface area contributed by atoms with Crippen LogP contribution in [0.5, 0.6) is 0 Å². The number of rotatable bonds is 1. The highest BCUT2D eigenvalue weighted by molar-refractivity contribution is 5.32. The van der Waals surface area contributed by atoms with Crippen molar-refractivity contribution < 1.29 is 0 Å². The Labute approximate surface area is 66.2 Å². The van der Waals surface area contributed by atoms with Crippen LogP contribution in [0.3, 0.4) is 0 Å². The van der Waals surface area contributed by atoms with Crippen LogP contribution in [0.25, 0.3) is 0 Å². The minimum atomic E-state index is -0.101. The van der Waals surface area contributed by atoms with Crippen LogP contribution in [-0.4, -0.2) is 6.04 Å². The Morgan fingerprint density at radius 3 is 3.00 bits per heavy atom. The smallest absolute Gasteiger partial charge is 0.133 e. The highest BCUT2D eigenvalue weighted by Crippen LogP contribution is 2.37. The standard InChI is InChI=1S/C9H10N2/c10-6-9-5-8(3-4-11-9)7-1-2-7/h3-5,7,9,11H,1-2H2. The summed E-state index contributed by atoms with van der Waals surface area (Å²) in [4.78, 5) is 0. The lowest BCUT2D eigenvalue weighted by molar-refractivity contribution is 0.813. The lowest BCUT2D eigenvalue weighted by Gasteiger charge is -2.11. The van der Waals surface area contributed by atoms with Crippen LogP contribution in [0.1, 0.15) is 12.8 Å². The maximum absolute atomic E-state index is 8.62. The maximum Gasteiger partial charge on any atom is 0.133 e. The average molecular weight is 146 g/mol. The molecule has 1 unspecified atom stereocenters. The van der Waals surface area contributed by atoms with Gasteiger partial charge in [-0.15, -0.1) is 0 Å². The Bertz CT molecular complexity index is 253. The predicted molar refractivity (Wildman–Crippen MR) is 42.5 cm³/mol. The number of nitrogens with zero attached hydrogens (tertiary/aromatic N) is 1. The minimum absolute atomic E-state index is 0.101. The third-order valence-electron chi connectivity index (χ3n) is 2.10. The molecule has 0 aromatic carbocycles. The second-order valence-corrected chi connectivity index (χ2v) is 3.05. The topological polar surface area (TPSA) is 35.8 Å². The summed E-state index contributed by atoms with van der Waals surface area (Å²) in [6.45, 7) is 0. The molecule has 1 aliphatic carbocycles. The summed E-state index contributed by atoms with van der Waals surface area (Å²) in [5, 5.41) is 11.6. The fourth-order valence-corrected chi connectivity index (χ4v) is 1.31. The molecule has 1 atom stereocenters. The third kappa shape index (κ3) is 1.27. The molecular weight excluding hydrogens is 136 g/mol. The number of hydrogen-bond donors (Lipinski definition) is 1. The Hall–Kier alpha value is -1.23. The second kappa shape index (κ2) is 2.43. The van der Waals surface area contributed by atoms with Crippen molar-refractivity contribution in [2.75, 3.05) is 0 Å². The predicted octanol–water partition coefficient (Wildman–Crippen LogP) is 1.33. The molecule has 11 heavy (non-hydrogen) atoms. The van der Waals surface area contributed by atoms with E-state index in [0.29, 0.717) is 0 Å². The van der Waals surface area contributed by atoms with E-state index in [2.05, 4.69) is 17.5 Å². The summed E-state index contributed by atoms with van der Waals surface area (Å²) in [6, 6.07) is 2.08. The zero-order valence-corrected chi connectivity index (χ0v) is 6.25. The van der Waals surface area contributed by atoms with Gasteiger partial charge in [0.1, 0.15) is 6.04 Å². The molecule has 1 fully saturated rings. The first-order valence-electron chi connectivity index (χ1n) is 3.94. The molecule has 0 aromatic heterocycles. The molecule has 2 heteroatoms. The number of allylic oxidation sites excluding steroid dienone is 2. The summed E-state index contributed by atoms with van der Waals surface area (Å²) < 4.78 is 0. The van der Waals surface area contributed by atoms with Crippen molar-refractivity contribution in [3.63, 3.8) is 0 Å². The van der Waals surface area contributed by atoms with Gasteiger partial charge in [0.2, 0.25) is 0 Å². The molecule has 0 aromatic rings. The zero-order valence-electron chi connectivity index (χ0n) is 6.25. The Balaban J connectivity index is 2.13. The molecule has 0 bridgehead atoms. The molecule has 0 amide bonds. The van der Waals surface area contributed by atoms with E-state index in [4.69, 9.17) is 5.26 Å². The Morgan fingerprint density at radius 1 is 1.55 bits per heavy atom.